The van der Waals surface area contributed by atoms with Crippen LogP contribution in [0.1, 0.15) is 30.5 Å². The first-order valence-electron chi connectivity index (χ1n) is 4.56. The van der Waals surface area contributed by atoms with Gasteiger partial charge in [-0.2, -0.15) is 0 Å². The number of nitrogens with zero attached hydrogens (tertiary/aromatic N) is 1. The van der Waals surface area contributed by atoms with E-state index in [0.29, 0.717) is 6.61 Å². The van der Waals surface area contributed by atoms with Crippen molar-refractivity contribution in [2.45, 2.75) is 31.9 Å². The molecular formula is C9H14N2OS. The van der Waals surface area contributed by atoms with E-state index in [2.05, 4.69) is 10.4 Å². The van der Waals surface area contributed by atoms with Gasteiger partial charge in [0, 0.05) is 12.0 Å². The molecule has 1 saturated carbocycles. The second-order valence-electron chi connectivity index (χ2n) is 3.42. The normalized spacial score (nSPS) is 18.9. The summed E-state index contributed by atoms with van der Waals surface area (Å²) in [5.74, 6) is 0. The summed E-state index contributed by atoms with van der Waals surface area (Å²) >= 11 is 1.64. The molecule has 0 radical (unpaired) electrons. The third-order valence-electron chi connectivity index (χ3n) is 2.28. The van der Waals surface area contributed by atoms with Crippen molar-refractivity contribution in [1.29, 1.82) is 0 Å². The monoisotopic (exact) mass is 198 g/mol. The first-order chi connectivity index (χ1) is 6.24. The molecule has 1 fully saturated rings. The predicted octanol–water partition coefficient (Wildman–Crippen LogP) is 1.63. The van der Waals surface area contributed by atoms with Gasteiger partial charge in [0.05, 0.1) is 17.8 Å². The Balaban J connectivity index is 2.01. The van der Waals surface area contributed by atoms with Gasteiger partial charge in [-0.3, -0.25) is 0 Å². The van der Waals surface area contributed by atoms with E-state index < -0.39 is 0 Å². The van der Waals surface area contributed by atoms with Gasteiger partial charge in [0.15, 0.2) is 0 Å². The molecular weight excluding hydrogens is 184 g/mol. The zero-order valence-corrected chi connectivity index (χ0v) is 8.56. The lowest BCUT2D eigenvalue weighted by molar-refractivity contribution is 0.133. The highest BCUT2D eigenvalue weighted by molar-refractivity contribution is 7.09. The SMILES string of the molecule is CCOCc1nc(C2(N)CC2)cs1. The Bertz CT molecular complexity index is 294. The first kappa shape index (κ1) is 9.12. The summed E-state index contributed by atoms with van der Waals surface area (Å²) < 4.78 is 5.27. The highest BCUT2D eigenvalue weighted by Crippen LogP contribution is 2.42. The summed E-state index contributed by atoms with van der Waals surface area (Å²) in [6, 6.07) is 0. The minimum absolute atomic E-state index is 0.0963. The summed E-state index contributed by atoms with van der Waals surface area (Å²) in [4.78, 5) is 4.45. The van der Waals surface area contributed by atoms with Crippen molar-refractivity contribution in [3.8, 4) is 0 Å². The molecule has 0 atom stereocenters. The summed E-state index contributed by atoms with van der Waals surface area (Å²) in [5, 5.41) is 3.09. The second-order valence-corrected chi connectivity index (χ2v) is 4.36. The maximum atomic E-state index is 6.01. The van der Waals surface area contributed by atoms with Crippen LogP contribution in [0.15, 0.2) is 5.38 Å². The van der Waals surface area contributed by atoms with Crippen molar-refractivity contribution in [3.05, 3.63) is 16.1 Å². The van der Waals surface area contributed by atoms with Crippen LogP contribution in [0.4, 0.5) is 0 Å². The maximum Gasteiger partial charge on any atom is 0.119 e. The molecule has 0 unspecified atom stereocenters. The van der Waals surface area contributed by atoms with Crippen LogP contribution < -0.4 is 5.73 Å². The van der Waals surface area contributed by atoms with Crippen LogP contribution in [0.3, 0.4) is 0 Å². The van der Waals surface area contributed by atoms with Crippen molar-refractivity contribution in [3.63, 3.8) is 0 Å². The molecule has 1 aromatic heterocycles. The summed E-state index contributed by atoms with van der Waals surface area (Å²) in [7, 11) is 0. The van der Waals surface area contributed by atoms with Crippen LogP contribution in [0.2, 0.25) is 0 Å². The van der Waals surface area contributed by atoms with E-state index in [0.717, 1.165) is 30.2 Å². The molecule has 0 aromatic carbocycles. The van der Waals surface area contributed by atoms with Gasteiger partial charge in [-0.1, -0.05) is 0 Å². The third-order valence-corrected chi connectivity index (χ3v) is 3.10. The van der Waals surface area contributed by atoms with Gasteiger partial charge in [-0.05, 0) is 19.8 Å². The fourth-order valence-corrected chi connectivity index (χ4v) is 2.02. The van der Waals surface area contributed by atoms with Crippen LogP contribution in [-0.2, 0) is 16.9 Å². The number of aromatic nitrogens is 1. The minimum Gasteiger partial charge on any atom is -0.375 e. The lowest BCUT2D eigenvalue weighted by Crippen LogP contribution is -2.19. The fourth-order valence-electron chi connectivity index (χ4n) is 1.19. The topological polar surface area (TPSA) is 48.1 Å². The van der Waals surface area contributed by atoms with E-state index >= 15 is 0 Å². The van der Waals surface area contributed by atoms with Gasteiger partial charge < -0.3 is 10.5 Å². The number of hydrogen-bond donors (Lipinski definition) is 1. The molecule has 4 heteroatoms. The molecule has 1 aromatic rings. The summed E-state index contributed by atoms with van der Waals surface area (Å²) in [6.07, 6.45) is 2.15. The Morgan fingerprint density at radius 2 is 2.46 bits per heavy atom. The standard InChI is InChI=1S/C9H14N2OS/c1-2-12-5-8-11-7(6-13-8)9(10)3-4-9/h6H,2-5,10H2,1H3. The average molecular weight is 198 g/mol. The van der Waals surface area contributed by atoms with E-state index in [4.69, 9.17) is 10.5 Å². The van der Waals surface area contributed by atoms with Crippen molar-refractivity contribution >= 4 is 11.3 Å². The zero-order valence-electron chi connectivity index (χ0n) is 7.75. The Hall–Kier alpha value is -0.450. The lowest BCUT2D eigenvalue weighted by atomic mass is 10.2. The van der Waals surface area contributed by atoms with E-state index in [-0.39, 0.29) is 5.54 Å². The molecule has 0 saturated heterocycles. The number of thiazole rings is 1. The van der Waals surface area contributed by atoms with Gasteiger partial charge >= 0.3 is 0 Å². The molecule has 0 bridgehead atoms. The van der Waals surface area contributed by atoms with Crippen LogP contribution in [0, 0.1) is 0 Å². The number of ether oxygens (including phenoxy) is 1. The van der Waals surface area contributed by atoms with E-state index in [1.165, 1.54) is 0 Å². The molecule has 13 heavy (non-hydrogen) atoms. The van der Waals surface area contributed by atoms with Gasteiger partial charge in [-0.25, -0.2) is 4.98 Å². The second kappa shape index (κ2) is 3.36. The number of hydrogen-bond acceptors (Lipinski definition) is 4. The molecule has 1 aliphatic rings. The fraction of sp³-hybridized carbons (Fsp3) is 0.667. The van der Waals surface area contributed by atoms with Gasteiger partial charge in [0.1, 0.15) is 5.01 Å². The molecule has 1 aliphatic carbocycles. The van der Waals surface area contributed by atoms with Gasteiger partial charge in [-0.15, -0.1) is 11.3 Å². The molecule has 72 valence electrons. The smallest absolute Gasteiger partial charge is 0.119 e. The lowest BCUT2D eigenvalue weighted by Gasteiger charge is -2.02. The Kier molecular flexibility index (Phi) is 2.36. The van der Waals surface area contributed by atoms with Crippen molar-refractivity contribution in [1.82, 2.24) is 4.98 Å². The molecule has 0 spiro atoms. The Morgan fingerprint density at radius 3 is 3.08 bits per heavy atom. The van der Waals surface area contributed by atoms with Crippen molar-refractivity contribution < 1.29 is 4.74 Å². The van der Waals surface area contributed by atoms with Crippen LogP contribution in [-0.4, -0.2) is 11.6 Å². The first-order valence-corrected chi connectivity index (χ1v) is 5.44. The summed E-state index contributed by atoms with van der Waals surface area (Å²) in [5.41, 5.74) is 6.97. The van der Waals surface area contributed by atoms with Crippen molar-refractivity contribution in [2.75, 3.05) is 6.61 Å². The van der Waals surface area contributed by atoms with E-state index in [1.54, 1.807) is 11.3 Å². The largest absolute Gasteiger partial charge is 0.375 e. The van der Waals surface area contributed by atoms with Crippen LogP contribution in [0.25, 0.3) is 0 Å². The Labute approximate surface area is 81.9 Å². The zero-order chi connectivity index (χ0) is 9.31. The number of rotatable bonds is 4. The molecule has 2 N–H and O–H groups in total. The van der Waals surface area contributed by atoms with Crippen molar-refractivity contribution in [2.24, 2.45) is 5.73 Å². The summed E-state index contributed by atoms with van der Waals surface area (Å²) in [6.45, 7) is 3.35. The van der Waals surface area contributed by atoms with Crippen LogP contribution in [0.5, 0.6) is 0 Å². The van der Waals surface area contributed by atoms with E-state index in [9.17, 15) is 0 Å². The van der Waals surface area contributed by atoms with E-state index in [1.807, 2.05) is 6.92 Å². The highest BCUT2D eigenvalue weighted by atomic mass is 32.1. The highest BCUT2D eigenvalue weighted by Gasteiger charge is 2.42. The maximum absolute atomic E-state index is 6.01. The van der Waals surface area contributed by atoms with Crippen LogP contribution >= 0.6 is 11.3 Å². The molecule has 1 heterocycles. The minimum atomic E-state index is -0.0963. The molecule has 2 rings (SSSR count). The molecule has 0 aliphatic heterocycles. The Morgan fingerprint density at radius 1 is 1.69 bits per heavy atom. The quantitative estimate of drug-likeness (QED) is 0.800. The third kappa shape index (κ3) is 1.90. The van der Waals surface area contributed by atoms with Gasteiger partial charge in [0.2, 0.25) is 0 Å². The molecule has 0 amide bonds. The van der Waals surface area contributed by atoms with Gasteiger partial charge in [0.25, 0.3) is 0 Å². The number of nitrogens with two attached hydrogens (primary N) is 1. The predicted molar refractivity (Wildman–Crippen MR) is 52.5 cm³/mol. The molecule has 3 nitrogen and oxygen atoms in total. The average Bonchev–Trinajstić information content (AvgIpc) is 2.69.